The van der Waals surface area contributed by atoms with Gasteiger partial charge < -0.3 is 20.9 Å². The van der Waals surface area contributed by atoms with Crippen LogP contribution in [0, 0.1) is 0 Å². The number of rotatable bonds is 6. The first-order chi connectivity index (χ1) is 14.1. The van der Waals surface area contributed by atoms with E-state index < -0.39 is 0 Å². The zero-order valence-corrected chi connectivity index (χ0v) is 17.5. The highest BCUT2D eigenvalue weighted by molar-refractivity contribution is 6.30. The van der Waals surface area contributed by atoms with E-state index in [0.717, 1.165) is 60.3 Å². The molecule has 1 fully saturated rings. The lowest BCUT2D eigenvalue weighted by Gasteiger charge is -2.16. The maximum atomic E-state index is 12.3. The van der Waals surface area contributed by atoms with E-state index in [1.54, 1.807) is 0 Å². The quantitative estimate of drug-likeness (QED) is 0.490. The van der Waals surface area contributed by atoms with Crippen molar-refractivity contribution in [2.45, 2.75) is 32.9 Å². The van der Waals surface area contributed by atoms with E-state index in [2.05, 4.69) is 20.9 Å². The highest BCUT2D eigenvalue weighted by Gasteiger charge is 2.17. The molecule has 1 saturated heterocycles. The molecule has 0 aromatic heterocycles. The van der Waals surface area contributed by atoms with Crippen LogP contribution in [0.3, 0.4) is 0 Å². The molecule has 0 saturated carbocycles. The van der Waals surface area contributed by atoms with Crippen LogP contribution in [0.1, 0.15) is 30.9 Å². The number of halogens is 1. The van der Waals surface area contributed by atoms with Crippen molar-refractivity contribution in [1.29, 1.82) is 0 Å². The molecule has 0 atom stereocenters. The summed E-state index contributed by atoms with van der Waals surface area (Å²) in [7, 11) is 0. The summed E-state index contributed by atoms with van der Waals surface area (Å²) in [6, 6.07) is 15.6. The van der Waals surface area contributed by atoms with Crippen LogP contribution >= 0.6 is 11.6 Å². The number of hydrogen-bond donors (Lipinski definition) is 3. The Morgan fingerprint density at radius 2 is 1.83 bits per heavy atom. The number of nitrogens with one attached hydrogen (secondary N) is 3. The van der Waals surface area contributed by atoms with Crippen LogP contribution in [0.2, 0.25) is 5.02 Å². The molecule has 2 aromatic carbocycles. The van der Waals surface area contributed by atoms with Gasteiger partial charge in [0.1, 0.15) is 0 Å². The van der Waals surface area contributed by atoms with Crippen LogP contribution in [-0.4, -0.2) is 36.5 Å². The average Bonchev–Trinajstić information content (AvgIpc) is 3.27. The number of guanidine groups is 1. The van der Waals surface area contributed by atoms with Crippen molar-refractivity contribution in [2.75, 3.05) is 25.0 Å². The van der Waals surface area contributed by atoms with Crippen molar-refractivity contribution in [3.63, 3.8) is 0 Å². The minimum atomic E-state index is -0.0267. The second kappa shape index (κ2) is 10.7. The van der Waals surface area contributed by atoms with Gasteiger partial charge in [0.05, 0.1) is 6.54 Å². The van der Waals surface area contributed by atoms with Crippen LogP contribution in [0.15, 0.2) is 53.5 Å². The Morgan fingerprint density at radius 1 is 1.07 bits per heavy atom. The monoisotopic (exact) mass is 413 g/mol. The fraction of sp³-hybridized carbons (Fsp3) is 0.364. The van der Waals surface area contributed by atoms with Crippen molar-refractivity contribution >= 4 is 29.3 Å². The van der Waals surface area contributed by atoms with Gasteiger partial charge in [-0.25, -0.2) is 9.79 Å². The Morgan fingerprint density at radius 3 is 2.55 bits per heavy atom. The molecule has 0 radical (unpaired) electrons. The summed E-state index contributed by atoms with van der Waals surface area (Å²) in [5.74, 6) is 0.744. The van der Waals surface area contributed by atoms with Crippen LogP contribution < -0.4 is 16.0 Å². The molecule has 2 aromatic rings. The number of anilines is 1. The van der Waals surface area contributed by atoms with Crippen molar-refractivity contribution in [1.82, 2.24) is 15.5 Å². The zero-order valence-electron chi connectivity index (χ0n) is 16.7. The molecular formula is C22H28ClN5O. The third-order valence-corrected chi connectivity index (χ3v) is 4.96. The molecule has 0 unspecified atom stereocenters. The molecule has 154 valence electrons. The second-order valence-corrected chi connectivity index (χ2v) is 7.44. The predicted octanol–water partition coefficient (Wildman–Crippen LogP) is 4.22. The van der Waals surface area contributed by atoms with Gasteiger partial charge in [-0.05, 0) is 55.2 Å². The van der Waals surface area contributed by atoms with Gasteiger partial charge in [-0.15, -0.1) is 0 Å². The number of carbonyl (C=O) groups is 1. The lowest BCUT2D eigenvalue weighted by atomic mass is 10.2. The first-order valence-corrected chi connectivity index (χ1v) is 10.4. The summed E-state index contributed by atoms with van der Waals surface area (Å²) in [5.41, 5.74) is 2.97. The number of amides is 2. The molecule has 7 heteroatoms. The third-order valence-electron chi connectivity index (χ3n) is 4.71. The standard InChI is InChI=1S/C22H28ClN5O/c1-2-24-21(25-15-17-8-10-19(23)11-9-17)26-16-18-6-5-7-20(14-18)27-22(29)28-12-3-4-13-28/h5-11,14H,2-4,12-13,15-16H2,1H3,(H,27,29)(H2,24,25,26). The number of urea groups is 1. The maximum absolute atomic E-state index is 12.3. The molecule has 1 aliphatic heterocycles. The van der Waals surface area contributed by atoms with Gasteiger partial charge in [0.2, 0.25) is 0 Å². The lowest BCUT2D eigenvalue weighted by molar-refractivity contribution is 0.222. The Balaban J connectivity index is 1.58. The van der Waals surface area contributed by atoms with Crippen LogP contribution in [0.4, 0.5) is 10.5 Å². The minimum Gasteiger partial charge on any atom is -0.357 e. The first-order valence-electron chi connectivity index (χ1n) is 10.1. The van der Waals surface area contributed by atoms with Crippen molar-refractivity contribution in [3.8, 4) is 0 Å². The Bertz CT molecular complexity index is 831. The van der Waals surface area contributed by atoms with E-state index in [9.17, 15) is 4.79 Å². The fourth-order valence-corrected chi connectivity index (χ4v) is 3.30. The molecule has 3 rings (SSSR count). The van der Waals surface area contributed by atoms with Gasteiger partial charge in [0, 0.05) is 36.9 Å². The third kappa shape index (κ3) is 6.68. The Labute approximate surface area is 177 Å². The fourth-order valence-electron chi connectivity index (χ4n) is 3.17. The first kappa shape index (κ1) is 21.0. The van der Waals surface area contributed by atoms with E-state index in [-0.39, 0.29) is 6.03 Å². The smallest absolute Gasteiger partial charge is 0.321 e. The summed E-state index contributed by atoms with van der Waals surface area (Å²) in [6.45, 7) is 5.66. The second-order valence-electron chi connectivity index (χ2n) is 7.00. The average molecular weight is 414 g/mol. The Hall–Kier alpha value is -2.73. The number of aliphatic imine (C=N–C) groups is 1. The Kier molecular flexibility index (Phi) is 7.76. The van der Waals surface area contributed by atoms with Gasteiger partial charge in [0.25, 0.3) is 0 Å². The summed E-state index contributed by atoms with van der Waals surface area (Å²) >= 11 is 5.94. The summed E-state index contributed by atoms with van der Waals surface area (Å²) in [6.07, 6.45) is 2.16. The van der Waals surface area contributed by atoms with Crippen molar-refractivity contribution in [3.05, 3.63) is 64.7 Å². The molecule has 0 aliphatic carbocycles. The van der Waals surface area contributed by atoms with Gasteiger partial charge in [-0.3, -0.25) is 0 Å². The lowest BCUT2D eigenvalue weighted by Crippen LogP contribution is -2.36. The van der Waals surface area contributed by atoms with Gasteiger partial charge >= 0.3 is 6.03 Å². The van der Waals surface area contributed by atoms with E-state index in [1.807, 2.05) is 60.4 Å². The molecule has 3 N–H and O–H groups in total. The predicted molar refractivity (Wildman–Crippen MR) is 119 cm³/mol. The van der Waals surface area contributed by atoms with Gasteiger partial charge in [-0.1, -0.05) is 35.9 Å². The molecule has 29 heavy (non-hydrogen) atoms. The largest absolute Gasteiger partial charge is 0.357 e. The molecular weight excluding hydrogens is 386 g/mol. The highest BCUT2D eigenvalue weighted by atomic mass is 35.5. The van der Waals surface area contributed by atoms with Crippen LogP contribution in [-0.2, 0) is 13.1 Å². The SMILES string of the molecule is CCNC(=NCc1cccc(NC(=O)N2CCCC2)c1)NCc1ccc(Cl)cc1. The normalized spacial score (nSPS) is 14.0. The van der Waals surface area contributed by atoms with Crippen molar-refractivity contribution < 1.29 is 4.79 Å². The highest BCUT2D eigenvalue weighted by Crippen LogP contribution is 2.15. The topological polar surface area (TPSA) is 68.8 Å². The molecule has 0 bridgehead atoms. The number of benzene rings is 2. The van der Waals surface area contributed by atoms with Crippen molar-refractivity contribution in [2.24, 2.45) is 4.99 Å². The molecule has 0 spiro atoms. The number of nitrogens with zero attached hydrogens (tertiary/aromatic N) is 2. The molecule has 1 aliphatic rings. The van der Waals surface area contributed by atoms with E-state index in [1.165, 1.54) is 0 Å². The zero-order chi connectivity index (χ0) is 20.5. The van der Waals surface area contributed by atoms with Gasteiger partial charge in [0.15, 0.2) is 5.96 Å². The minimum absolute atomic E-state index is 0.0267. The molecule has 2 amide bonds. The molecule has 1 heterocycles. The number of carbonyl (C=O) groups excluding carboxylic acids is 1. The van der Waals surface area contributed by atoms with E-state index >= 15 is 0 Å². The van der Waals surface area contributed by atoms with E-state index in [4.69, 9.17) is 11.6 Å². The van der Waals surface area contributed by atoms with E-state index in [0.29, 0.717) is 13.1 Å². The van der Waals surface area contributed by atoms with Crippen LogP contribution in [0.5, 0.6) is 0 Å². The number of hydrogen-bond acceptors (Lipinski definition) is 2. The number of likely N-dealkylation sites (tertiary alicyclic amines) is 1. The summed E-state index contributed by atoms with van der Waals surface area (Å²) < 4.78 is 0. The maximum Gasteiger partial charge on any atom is 0.321 e. The molecule has 6 nitrogen and oxygen atoms in total. The van der Waals surface area contributed by atoms with Gasteiger partial charge in [-0.2, -0.15) is 0 Å². The summed E-state index contributed by atoms with van der Waals surface area (Å²) in [5, 5.41) is 10.3. The van der Waals surface area contributed by atoms with Crippen LogP contribution in [0.25, 0.3) is 0 Å². The summed E-state index contributed by atoms with van der Waals surface area (Å²) in [4.78, 5) is 18.8.